The highest BCUT2D eigenvalue weighted by molar-refractivity contribution is 5.31. The highest BCUT2D eigenvalue weighted by Gasteiger charge is 2.17. The van der Waals surface area contributed by atoms with Crippen molar-refractivity contribution in [2.45, 2.75) is 38.3 Å². The van der Waals surface area contributed by atoms with Gasteiger partial charge in [0.2, 0.25) is 0 Å². The minimum Gasteiger partial charge on any atom is -0.306 e. The standard InChI is InChI=1S/C18H20FN/c19-16-11-9-14(10-12-16)13-20-18-8-4-2-6-15-5-1-3-7-17(15)18/h1,3,5,7,9-12,18,20H,2,4,6,8,13H2. The van der Waals surface area contributed by atoms with Crippen LogP contribution in [0, 0.1) is 5.82 Å². The molecule has 1 aliphatic rings. The predicted octanol–water partition coefficient (Wildman–Crippen LogP) is 4.38. The van der Waals surface area contributed by atoms with Crippen LogP contribution in [0.1, 0.15) is 42.0 Å². The van der Waals surface area contributed by atoms with E-state index in [2.05, 4.69) is 29.6 Å². The second kappa shape index (κ2) is 6.19. The van der Waals surface area contributed by atoms with Crippen molar-refractivity contribution < 1.29 is 4.39 Å². The van der Waals surface area contributed by atoms with Gasteiger partial charge in [0.15, 0.2) is 0 Å². The Morgan fingerprint density at radius 3 is 2.65 bits per heavy atom. The van der Waals surface area contributed by atoms with Gasteiger partial charge in [-0.2, -0.15) is 0 Å². The Hall–Kier alpha value is -1.67. The van der Waals surface area contributed by atoms with E-state index < -0.39 is 0 Å². The Kier molecular flexibility index (Phi) is 4.12. The molecule has 2 heteroatoms. The highest BCUT2D eigenvalue weighted by Crippen LogP contribution is 2.28. The number of hydrogen-bond donors (Lipinski definition) is 1. The molecule has 1 N–H and O–H groups in total. The number of benzene rings is 2. The molecule has 1 aliphatic carbocycles. The molecular weight excluding hydrogens is 249 g/mol. The molecule has 0 heterocycles. The van der Waals surface area contributed by atoms with Gasteiger partial charge in [-0.3, -0.25) is 0 Å². The number of nitrogens with one attached hydrogen (secondary N) is 1. The van der Waals surface area contributed by atoms with Crippen molar-refractivity contribution in [3.8, 4) is 0 Å². The first-order valence-corrected chi connectivity index (χ1v) is 7.38. The maximum atomic E-state index is 12.9. The van der Waals surface area contributed by atoms with E-state index in [1.54, 1.807) is 0 Å². The topological polar surface area (TPSA) is 12.0 Å². The summed E-state index contributed by atoms with van der Waals surface area (Å²) in [5, 5.41) is 3.63. The van der Waals surface area contributed by atoms with Crippen molar-refractivity contribution in [3.05, 3.63) is 71.0 Å². The highest BCUT2D eigenvalue weighted by atomic mass is 19.1. The molecule has 1 atom stereocenters. The lowest BCUT2D eigenvalue weighted by Gasteiger charge is -2.19. The fraction of sp³-hybridized carbons (Fsp3) is 0.333. The predicted molar refractivity (Wildman–Crippen MR) is 80.0 cm³/mol. The molecule has 0 amide bonds. The van der Waals surface area contributed by atoms with Gasteiger partial charge in [-0.15, -0.1) is 0 Å². The minimum absolute atomic E-state index is 0.173. The second-order valence-corrected chi connectivity index (χ2v) is 5.50. The summed E-state index contributed by atoms with van der Waals surface area (Å²) in [4.78, 5) is 0. The summed E-state index contributed by atoms with van der Waals surface area (Å²) in [7, 11) is 0. The van der Waals surface area contributed by atoms with E-state index in [4.69, 9.17) is 0 Å². The number of halogens is 1. The van der Waals surface area contributed by atoms with Crippen LogP contribution in [0.2, 0.25) is 0 Å². The number of fused-ring (bicyclic) bond motifs is 1. The summed E-state index contributed by atoms with van der Waals surface area (Å²) in [6, 6.07) is 15.9. The Bertz CT molecular complexity index is 562. The van der Waals surface area contributed by atoms with Crippen LogP contribution >= 0.6 is 0 Å². The molecule has 3 rings (SSSR count). The molecule has 1 nitrogen and oxygen atoms in total. The zero-order valence-electron chi connectivity index (χ0n) is 11.6. The summed E-state index contributed by atoms with van der Waals surface area (Å²) < 4.78 is 12.9. The fourth-order valence-corrected chi connectivity index (χ4v) is 2.98. The summed E-state index contributed by atoms with van der Waals surface area (Å²) in [6.07, 6.45) is 4.89. The van der Waals surface area contributed by atoms with Gasteiger partial charge in [0, 0.05) is 12.6 Å². The number of aryl methyl sites for hydroxylation is 1. The van der Waals surface area contributed by atoms with Gasteiger partial charge < -0.3 is 5.32 Å². The molecule has 0 fully saturated rings. The summed E-state index contributed by atoms with van der Waals surface area (Å²) in [5.74, 6) is -0.173. The smallest absolute Gasteiger partial charge is 0.123 e. The monoisotopic (exact) mass is 269 g/mol. The molecule has 104 valence electrons. The van der Waals surface area contributed by atoms with E-state index in [9.17, 15) is 4.39 Å². The Morgan fingerprint density at radius 2 is 1.80 bits per heavy atom. The van der Waals surface area contributed by atoms with Crippen LogP contribution < -0.4 is 5.32 Å². The average molecular weight is 269 g/mol. The molecule has 2 aromatic rings. The van der Waals surface area contributed by atoms with Crippen molar-refractivity contribution >= 4 is 0 Å². The van der Waals surface area contributed by atoms with Gasteiger partial charge in [-0.1, -0.05) is 42.8 Å². The third-order valence-electron chi connectivity index (χ3n) is 4.09. The average Bonchev–Trinajstić information content (AvgIpc) is 2.69. The molecule has 0 radical (unpaired) electrons. The van der Waals surface area contributed by atoms with Gasteiger partial charge in [0.25, 0.3) is 0 Å². The van der Waals surface area contributed by atoms with Gasteiger partial charge in [-0.25, -0.2) is 4.39 Å². The Labute approximate surface area is 119 Å². The minimum atomic E-state index is -0.173. The molecule has 0 aromatic heterocycles. The van der Waals surface area contributed by atoms with Gasteiger partial charge in [-0.05, 0) is 48.1 Å². The third-order valence-corrected chi connectivity index (χ3v) is 4.09. The first-order valence-electron chi connectivity index (χ1n) is 7.38. The molecule has 1 unspecified atom stereocenters. The van der Waals surface area contributed by atoms with E-state index in [0.29, 0.717) is 6.04 Å². The first-order chi connectivity index (χ1) is 9.83. The SMILES string of the molecule is Fc1ccc(CNC2CCCCc3ccccc32)cc1. The van der Waals surface area contributed by atoms with Crippen LogP contribution in [-0.4, -0.2) is 0 Å². The largest absolute Gasteiger partial charge is 0.306 e. The zero-order chi connectivity index (χ0) is 13.8. The Balaban J connectivity index is 1.72. The summed E-state index contributed by atoms with van der Waals surface area (Å²) >= 11 is 0. The first kappa shape index (κ1) is 13.3. The fourth-order valence-electron chi connectivity index (χ4n) is 2.98. The maximum absolute atomic E-state index is 12.9. The van der Waals surface area contributed by atoms with Crippen LogP contribution in [0.4, 0.5) is 4.39 Å². The van der Waals surface area contributed by atoms with Crippen LogP contribution in [0.25, 0.3) is 0 Å². The van der Waals surface area contributed by atoms with Gasteiger partial charge in [0.1, 0.15) is 5.82 Å². The van der Waals surface area contributed by atoms with Crippen molar-refractivity contribution in [2.75, 3.05) is 0 Å². The lowest BCUT2D eigenvalue weighted by Crippen LogP contribution is -2.21. The van der Waals surface area contributed by atoms with Crippen molar-refractivity contribution in [3.63, 3.8) is 0 Å². The molecule has 0 spiro atoms. The van der Waals surface area contributed by atoms with Crippen molar-refractivity contribution in [2.24, 2.45) is 0 Å². The molecule has 2 aromatic carbocycles. The van der Waals surface area contributed by atoms with Crippen LogP contribution in [0.3, 0.4) is 0 Å². The zero-order valence-corrected chi connectivity index (χ0v) is 11.6. The maximum Gasteiger partial charge on any atom is 0.123 e. The molecule has 0 bridgehead atoms. The normalized spacial score (nSPS) is 18.4. The number of hydrogen-bond acceptors (Lipinski definition) is 1. The van der Waals surface area contributed by atoms with E-state index in [-0.39, 0.29) is 5.82 Å². The van der Waals surface area contributed by atoms with E-state index in [0.717, 1.165) is 12.1 Å². The van der Waals surface area contributed by atoms with E-state index >= 15 is 0 Å². The Morgan fingerprint density at radius 1 is 1.00 bits per heavy atom. The van der Waals surface area contributed by atoms with E-state index in [1.165, 1.54) is 48.9 Å². The van der Waals surface area contributed by atoms with E-state index in [1.807, 2.05) is 12.1 Å². The summed E-state index contributed by atoms with van der Waals surface area (Å²) in [5.41, 5.74) is 4.04. The van der Waals surface area contributed by atoms with Crippen molar-refractivity contribution in [1.82, 2.24) is 5.32 Å². The lowest BCUT2D eigenvalue weighted by atomic mass is 9.99. The summed E-state index contributed by atoms with van der Waals surface area (Å²) in [6.45, 7) is 0.791. The molecule has 0 saturated carbocycles. The van der Waals surface area contributed by atoms with Crippen LogP contribution in [-0.2, 0) is 13.0 Å². The molecule has 0 saturated heterocycles. The third kappa shape index (κ3) is 3.07. The van der Waals surface area contributed by atoms with Crippen LogP contribution in [0.15, 0.2) is 48.5 Å². The molecular formula is C18H20FN. The lowest BCUT2D eigenvalue weighted by molar-refractivity contribution is 0.489. The van der Waals surface area contributed by atoms with Gasteiger partial charge >= 0.3 is 0 Å². The molecule has 0 aliphatic heterocycles. The molecule has 20 heavy (non-hydrogen) atoms. The van der Waals surface area contributed by atoms with Crippen LogP contribution in [0.5, 0.6) is 0 Å². The quantitative estimate of drug-likeness (QED) is 0.815. The second-order valence-electron chi connectivity index (χ2n) is 5.50. The number of rotatable bonds is 3. The van der Waals surface area contributed by atoms with Gasteiger partial charge in [0.05, 0.1) is 0 Å². The van der Waals surface area contributed by atoms with Crippen molar-refractivity contribution in [1.29, 1.82) is 0 Å².